The van der Waals surface area contributed by atoms with Gasteiger partial charge in [-0.15, -0.1) is 0 Å². The summed E-state index contributed by atoms with van der Waals surface area (Å²) in [5.74, 6) is 0. The van der Waals surface area contributed by atoms with Crippen LogP contribution in [-0.2, 0) is 4.74 Å². The Morgan fingerprint density at radius 3 is 3.15 bits per heavy atom. The molecule has 0 aromatic carbocycles. The number of rotatable bonds is 4. The minimum Gasteiger partial charge on any atom is -0.378 e. The van der Waals surface area contributed by atoms with Crippen molar-refractivity contribution in [3.05, 3.63) is 6.33 Å². The van der Waals surface area contributed by atoms with Gasteiger partial charge in [-0.2, -0.15) is 4.37 Å². The zero-order valence-corrected chi connectivity index (χ0v) is 8.38. The molecule has 0 atom stereocenters. The number of hydrogen-bond donors (Lipinski definition) is 1. The number of anilines is 1. The average Bonchev–Trinajstić information content (AvgIpc) is 2.53. The van der Waals surface area contributed by atoms with Crippen molar-refractivity contribution in [2.45, 2.75) is 31.9 Å². The Balaban J connectivity index is 1.70. The lowest BCUT2D eigenvalue weighted by atomic mass is 9.89. The quantitative estimate of drug-likeness (QED) is 0.798. The molecule has 0 saturated heterocycles. The summed E-state index contributed by atoms with van der Waals surface area (Å²) >= 11 is 1.40. The van der Waals surface area contributed by atoms with Crippen molar-refractivity contribution in [3.63, 3.8) is 0 Å². The van der Waals surface area contributed by atoms with Crippen LogP contribution in [0, 0.1) is 0 Å². The van der Waals surface area contributed by atoms with Gasteiger partial charge in [0, 0.05) is 24.2 Å². The Labute approximate surface area is 81.5 Å². The van der Waals surface area contributed by atoms with Gasteiger partial charge in [0.2, 0.25) is 5.13 Å². The van der Waals surface area contributed by atoms with Crippen molar-refractivity contribution in [2.24, 2.45) is 0 Å². The Hall–Kier alpha value is -0.680. The second-order valence-electron chi connectivity index (χ2n) is 3.14. The van der Waals surface area contributed by atoms with Gasteiger partial charge in [0.15, 0.2) is 0 Å². The van der Waals surface area contributed by atoms with Gasteiger partial charge < -0.3 is 10.1 Å². The molecule has 0 spiro atoms. The van der Waals surface area contributed by atoms with Gasteiger partial charge in [-0.1, -0.05) is 0 Å². The van der Waals surface area contributed by atoms with Crippen LogP contribution in [0.1, 0.15) is 19.8 Å². The highest BCUT2D eigenvalue weighted by atomic mass is 32.1. The third kappa shape index (κ3) is 2.16. The number of ether oxygens (including phenoxy) is 1. The molecule has 4 nitrogen and oxygen atoms in total. The minimum absolute atomic E-state index is 0.454. The predicted octanol–water partition coefficient (Wildman–Crippen LogP) is 1.52. The summed E-state index contributed by atoms with van der Waals surface area (Å²) in [5.41, 5.74) is 0. The van der Waals surface area contributed by atoms with Gasteiger partial charge in [0.05, 0.1) is 6.10 Å². The number of nitrogens with zero attached hydrogens (tertiary/aromatic N) is 2. The van der Waals surface area contributed by atoms with Crippen molar-refractivity contribution < 1.29 is 4.74 Å². The van der Waals surface area contributed by atoms with Crippen LogP contribution in [0.3, 0.4) is 0 Å². The fourth-order valence-electron chi connectivity index (χ4n) is 1.47. The summed E-state index contributed by atoms with van der Waals surface area (Å²) < 4.78 is 9.38. The molecule has 2 rings (SSSR count). The molecule has 0 bridgehead atoms. The normalized spacial score (nSPS) is 26.8. The Kier molecular flexibility index (Phi) is 2.75. The summed E-state index contributed by atoms with van der Waals surface area (Å²) in [7, 11) is 0. The van der Waals surface area contributed by atoms with Crippen molar-refractivity contribution >= 4 is 16.7 Å². The fraction of sp³-hybridized carbons (Fsp3) is 0.750. The van der Waals surface area contributed by atoms with Gasteiger partial charge in [-0.05, 0) is 19.8 Å². The summed E-state index contributed by atoms with van der Waals surface area (Å²) in [6.45, 7) is 2.85. The number of nitrogens with one attached hydrogen (secondary N) is 1. The first-order valence-corrected chi connectivity index (χ1v) is 5.30. The molecule has 0 unspecified atom stereocenters. The van der Waals surface area contributed by atoms with Crippen LogP contribution in [0.4, 0.5) is 5.13 Å². The van der Waals surface area contributed by atoms with E-state index in [1.54, 1.807) is 6.33 Å². The maximum Gasteiger partial charge on any atom is 0.202 e. The fourth-order valence-corrected chi connectivity index (χ4v) is 1.97. The molecular weight excluding hydrogens is 186 g/mol. The molecule has 1 N–H and O–H groups in total. The first kappa shape index (κ1) is 8.90. The monoisotopic (exact) mass is 199 g/mol. The maximum atomic E-state index is 5.45. The van der Waals surface area contributed by atoms with Crippen molar-refractivity contribution in [1.82, 2.24) is 9.36 Å². The highest BCUT2D eigenvalue weighted by Crippen LogP contribution is 2.26. The standard InChI is InChI=1S/C8H13N3OS/c1-2-12-7-3-6(4-7)11-8-9-5-10-13-8/h5-7H,2-4H2,1H3,(H,9,10,11). The molecule has 1 aliphatic carbocycles. The molecule has 1 saturated carbocycles. The zero-order chi connectivity index (χ0) is 9.10. The van der Waals surface area contributed by atoms with Gasteiger partial charge in [0.1, 0.15) is 6.33 Å². The molecular formula is C8H13N3OS. The molecule has 1 aromatic rings. The van der Waals surface area contributed by atoms with E-state index in [4.69, 9.17) is 4.74 Å². The van der Waals surface area contributed by atoms with E-state index in [1.165, 1.54) is 11.5 Å². The van der Waals surface area contributed by atoms with E-state index in [0.29, 0.717) is 12.1 Å². The average molecular weight is 199 g/mol. The van der Waals surface area contributed by atoms with E-state index in [9.17, 15) is 0 Å². The third-order valence-electron chi connectivity index (χ3n) is 2.19. The Morgan fingerprint density at radius 2 is 2.54 bits per heavy atom. The second-order valence-corrected chi connectivity index (χ2v) is 3.92. The van der Waals surface area contributed by atoms with Gasteiger partial charge >= 0.3 is 0 Å². The van der Waals surface area contributed by atoms with Crippen molar-refractivity contribution in [2.75, 3.05) is 11.9 Å². The molecule has 1 fully saturated rings. The van der Waals surface area contributed by atoms with E-state index in [-0.39, 0.29) is 0 Å². The zero-order valence-electron chi connectivity index (χ0n) is 7.56. The SMILES string of the molecule is CCOC1CC(Nc2ncns2)C1. The molecule has 13 heavy (non-hydrogen) atoms. The molecule has 1 aromatic heterocycles. The van der Waals surface area contributed by atoms with Crippen LogP contribution in [0.25, 0.3) is 0 Å². The lowest BCUT2D eigenvalue weighted by Crippen LogP contribution is -2.40. The smallest absolute Gasteiger partial charge is 0.202 e. The molecule has 0 radical (unpaired) electrons. The van der Waals surface area contributed by atoms with Gasteiger partial charge in [-0.25, -0.2) is 4.98 Å². The Morgan fingerprint density at radius 1 is 1.69 bits per heavy atom. The van der Waals surface area contributed by atoms with Crippen LogP contribution >= 0.6 is 11.5 Å². The minimum atomic E-state index is 0.454. The van der Waals surface area contributed by atoms with Gasteiger partial charge in [0.25, 0.3) is 0 Å². The molecule has 0 aliphatic heterocycles. The molecule has 0 amide bonds. The van der Waals surface area contributed by atoms with Crippen LogP contribution < -0.4 is 5.32 Å². The number of aromatic nitrogens is 2. The molecule has 5 heteroatoms. The summed E-state index contributed by atoms with van der Waals surface area (Å²) in [4.78, 5) is 4.06. The van der Waals surface area contributed by atoms with Crippen LogP contribution in [0.15, 0.2) is 6.33 Å². The topological polar surface area (TPSA) is 47.0 Å². The molecule has 72 valence electrons. The van der Waals surface area contributed by atoms with Crippen LogP contribution in [0.2, 0.25) is 0 Å². The highest BCUT2D eigenvalue weighted by molar-refractivity contribution is 7.09. The highest BCUT2D eigenvalue weighted by Gasteiger charge is 2.29. The second kappa shape index (κ2) is 4.02. The molecule has 1 aliphatic rings. The van der Waals surface area contributed by atoms with Crippen LogP contribution in [0.5, 0.6) is 0 Å². The van der Waals surface area contributed by atoms with E-state index in [2.05, 4.69) is 14.7 Å². The van der Waals surface area contributed by atoms with E-state index < -0.39 is 0 Å². The first-order chi connectivity index (χ1) is 6.38. The van der Waals surface area contributed by atoms with E-state index in [1.807, 2.05) is 6.92 Å². The number of hydrogen-bond acceptors (Lipinski definition) is 5. The largest absolute Gasteiger partial charge is 0.378 e. The van der Waals surface area contributed by atoms with Crippen LogP contribution in [-0.4, -0.2) is 28.1 Å². The third-order valence-corrected chi connectivity index (χ3v) is 2.78. The van der Waals surface area contributed by atoms with Crippen molar-refractivity contribution in [1.29, 1.82) is 0 Å². The first-order valence-electron chi connectivity index (χ1n) is 4.53. The summed E-state index contributed by atoms with van der Waals surface area (Å²) in [5, 5.41) is 4.23. The lowest BCUT2D eigenvalue weighted by Gasteiger charge is -2.35. The van der Waals surface area contributed by atoms with Gasteiger partial charge in [-0.3, -0.25) is 0 Å². The van der Waals surface area contributed by atoms with E-state index >= 15 is 0 Å². The Bertz CT molecular complexity index is 246. The van der Waals surface area contributed by atoms with E-state index in [0.717, 1.165) is 24.6 Å². The lowest BCUT2D eigenvalue weighted by molar-refractivity contribution is 0.00299. The summed E-state index contributed by atoms with van der Waals surface area (Å²) in [6.07, 6.45) is 4.21. The predicted molar refractivity (Wildman–Crippen MR) is 52.0 cm³/mol. The summed E-state index contributed by atoms with van der Waals surface area (Å²) in [6, 6.07) is 0.532. The molecule has 1 heterocycles. The maximum absolute atomic E-state index is 5.45. The van der Waals surface area contributed by atoms with Crippen molar-refractivity contribution in [3.8, 4) is 0 Å².